The Balaban J connectivity index is 0.838. The van der Waals surface area contributed by atoms with E-state index in [0.717, 1.165) is 44.8 Å². The van der Waals surface area contributed by atoms with Crippen LogP contribution < -0.4 is 40.1 Å². The van der Waals surface area contributed by atoms with E-state index in [1.54, 1.807) is 61.4 Å². The van der Waals surface area contributed by atoms with E-state index >= 15 is 4.39 Å². The predicted molar refractivity (Wildman–Crippen MR) is 321 cm³/mol. The zero-order valence-electron chi connectivity index (χ0n) is 47.6. The summed E-state index contributed by atoms with van der Waals surface area (Å²) in [5.74, 6) is 2.22. The summed E-state index contributed by atoms with van der Waals surface area (Å²) >= 11 is 0. The molecule has 7 N–H and O–H groups in total. The number of ether oxygens (including phenoxy) is 2. The van der Waals surface area contributed by atoms with Crippen molar-refractivity contribution in [3.8, 4) is 95.9 Å². The van der Waals surface area contributed by atoms with Crippen molar-refractivity contribution in [1.82, 2.24) is 77.1 Å². The van der Waals surface area contributed by atoms with Crippen LogP contribution in [0.15, 0.2) is 110 Å². The largest absolute Gasteiger partial charge is 0.507 e. The summed E-state index contributed by atoms with van der Waals surface area (Å²) in [4.78, 5) is 6.49. The molecule has 3 aliphatic carbocycles. The summed E-state index contributed by atoms with van der Waals surface area (Å²) < 4.78 is 59.2. The summed E-state index contributed by atoms with van der Waals surface area (Å²) in [7, 11) is 0. The first kappa shape index (κ1) is 54.6. The van der Waals surface area contributed by atoms with Gasteiger partial charge in [-0.15, -0.1) is 30.6 Å². The Morgan fingerprint density at radius 3 is 1.44 bits per heavy atom. The molecule has 21 nitrogen and oxygen atoms in total. The van der Waals surface area contributed by atoms with Crippen LogP contribution in [0.4, 0.5) is 30.6 Å². The molecule has 6 aromatic heterocycles. The van der Waals surface area contributed by atoms with Gasteiger partial charge in [0.05, 0.1) is 41.0 Å². The van der Waals surface area contributed by atoms with Crippen molar-refractivity contribution in [3.05, 3.63) is 116 Å². The van der Waals surface area contributed by atoms with Crippen molar-refractivity contribution in [2.75, 3.05) is 54.0 Å². The smallest absolute Gasteiger partial charge is 0.256 e. The highest BCUT2D eigenvalue weighted by Crippen LogP contribution is 2.50. The summed E-state index contributed by atoms with van der Waals surface area (Å²) in [6, 6.07) is 23.0. The van der Waals surface area contributed by atoms with Gasteiger partial charge in [0, 0.05) is 116 Å². The molecule has 9 heterocycles. The second-order valence-electron chi connectivity index (χ2n) is 24.0. The predicted octanol–water partition coefficient (Wildman–Crippen LogP) is 10.1. The maximum atomic E-state index is 16.8. The van der Waals surface area contributed by atoms with Gasteiger partial charge in [-0.05, 0) is 142 Å². The van der Waals surface area contributed by atoms with Gasteiger partial charge in [-0.25, -0.2) is 13.2 Å². The molecular weight excluding hydrogens is 1110 g/mol. The normalized spacial score (nSPS) is 20.1. The number of aromatic hydroxyl groups is 1. The van der Waals surface area contributed by atoms with Crippen LogP contribution in [-0.4, -0.2) is 148 Å². The third-order valence-corrected chi connectivity index (χ3v) is 18.3. The molecule has 0 spiro atoms. The molecular formula is C63H65F3N18O3. The average molecular weight is 1180 g/mol. The van der Waals surface area contributed by atoms with Crippen molar-refractivity contribution in [1.29, 1.82) is 0 Å². The minimum Gasteiger partial charge on any atom is -0.507 e. The molecule has 3 saturated heterocycles. The number of aromatic nitrogens is 12. The minimum absolute atomic E-state index is 0.129. The number of alkyl halides is 2. The highest BCUT2D eigenvalue weighted by Gasteiger charge is 2.52. The Labute approximate surface area is 498 Å². The van der Waals surface area contributed by atoms with Gasteiger partial charge < -0.3 is 45.2 Å². The first-order valence-corrected chi connectivity index (χ1v) is 30.2. The fourth-order valence-electron chi connectivity index (χ4n) is 12.8. The van der Waals surface area contributed by atoms with Crippen LogP contribution >= 0.6 is 0 Å². The van der Waals surface area contributed by atoms with Crippen molar-refractivity contribution >= 4 is 17.5 Å². The van der Waals surface area contributed by atoms with E-state index in [1.807, 2.05) is 47.4 Å². The van der Waals surface area contributed by atoms with Gasteiger partial charge in [0.25, 0.3) is 6.43 Å². The number of phenols is 1. The molecule has 9 aromatic rings. The van der Waals surface area contributed by atoms with Gasteiger partial charge in [0.2, 0.25) is 0 Å². The second-order valence-corrected chi connectivity index (χ2v) is 24.0. The lowest BCUT2D eigenvalue weighted by molar-refractivity contribution is 0.0802. The number of anilines is 3. The van der Waals surface area contributed by atoms with E-state index in [4.69, 9.17) is 29.9 Å². The monoisotopic (exact) mass is 1180 g/mol. The van der Waals surface area contributed by atoms with E-state index in [9.17, 15) is 13.9 Å². The van der Waals surface area contributed by atoms with Crippen LogP contribution in [-0.2, 0) is 0 Å². The minimum atomic E-state index is -2.43. The standard InChI is InChI=1S/C63H65F3N18O3/c64-48-25-47(49-7-10-57(79-76-49)82-18-13-43(33-82)73-41-3-1-4-41)53(26-46(48)40-31-71-72-32-40)86-55-23-37(39-29-69-70-30-39)24-56(61(55)51-9-12-58(81-78-51)83-19-14-44(34-83)74-42-5-2-6-42)87-54-22-36(38-27-67-68-28-38)21-52(85)60(54)50-8-11-59(80-77-50)84-20-15-45(35-84)75-63(16-17-63)62(65)66/h7-12,21-32,41-45,62,73-75,85H,1-6,13-20,33-35H2,(H,67,68)(H,69,70)(H,71,72)/t43?,44-,45?/m0/s1. The summed E-state index contributed by atoms with van der Waals surface area (Å²) in [6.45, 7) is 4.35. The molecule has 3 aromatic carbocycles. The summed E-state index contributed by atoms with van der Waals surface area (Å²) in [5.41, 5.74) is 4.12. The number of hydrogen-bond donors (Lipinski definition) is 7. The second kappa shape index (κ2) is 23.0. The summed E-state index contributed by atoms with van der Waals surface area (Å²) in [5, 5.41) is 73.0. The van der Waals surface area contributed by atoms with Gasteiger partial charge >= 0.3 is 0 Å². The zero-order chi connectivity index (χ0) is 58.6. The molecule has 0 radical (unpaired) electrons. The number of benzene rings is 3. The number of aromatic amines is 3. The molecule has 3 atom stereocenters. The maximum absolute atomic E-state index is 16.8. The molecule has 446 valence electrons. The van der Waals surface area contributed by atoms with E-state index in [0.29, 0.717) is 124 Å². The third kappa shape index (κ3) is 11.2. The quantitative estimate of drug-likeness (QED) is 0.0375. The van der Waals surface area contributed by atoms with Crippen LogP contribution in [0.2, 0.25) is 0 Å². The van der Waals surface area contributed by atoms with Crippen molar-refractivity contribution in [3.63, 3.8) is 0 Å². The Morgan fingerprint density at radius 1 is 0.494 bits per heavy atom. The highest BCUT2D eigenvalue weighted by molar-refractivity contribution is 5.85. The van der Waals surface area contributed by atoms with Crippen LogP contribution in [0, 0.1) is 5.82 Å². The van der Waals surface area contributed by atoms with Crippen LogP contribution in [0.5, 0.6) is 28.7 Å². The number of nitrogens with zero attached hydrogens (tertiary/aromatic N) is 12. The third-order valence-electron chi connectivity index (χ3n) is 18.3. The number of phenolic OH excluding ortho intramolecular Hbond substituents is 1. The molecule has 0 bridgehead atoms. The molecule has 87 heavy (non-hydrogen) atoms. The Bertz CT molecular complexity index is 3870. The molecule has 3 aliphatic heterocycles. The van der Waals surface area contributed by atoms with Gasteiger partial charge in [-0.1, -0.05) is 12.8 Å². The highest BCUT2D eigenvalue weighted by atomic mass is 19.3. The fraction of sp³-hybridized carbons (Fsp3) is 0.381. The van der Waals surface area contributed by atoms with E-state index in [2.05, 4.69) is 66.5 Å². The number of rotatable bonds is 20. The molecule has 2 unspecified atom stereocenters. The Morgan fingerprint density at radius 2 is 0.966 bits per heavy atom. The van der Waals surface area contributed by atoms with E-state index in [1.165, 1.54) is 44.6 Å². The summed E-state index contributed by atoms with van der Waals surface area (Å²) in [6.07, 6.45) is 18.4. The lowest BCUT2D eigenvalue weighted by atomic mass is 9.92. The number of nitrogens with one attached hydrogen (secondary N) is 6. The lowest BCUT2D eigenvalue weighted by Crippen LogP contribution is -2.46. The molecule has 24 heteroatoms. The topological polar surface area (TPSA) is 248 Å². The van der Waals surface area contributed by atoms with Crippen LogP contribution in [0.3, 0.4) is 0 Å². The Hall–Kier alpha value is -9.00. The van der Waals surface area contributed by atoms with E-state index < -0.39 is 17.8 Å². The van der Waals surface area contributed by atoms with Crippen LogP contribution in [0.1, 0.15) is 70.6 Å². The number of H-pyrrole nitrogens is 3. The van der Waals surface area contributed by atoms with Crippen molar-refractivity contribution in [2.24, 2.45) is 0 Å². The van der Waals surface area contributed by atoms with E-state index in [-0.39, 0.29) is 45.9 Å². The SMILES string of the molecule is Oc1cc(-c2cn[nH]c2)cc(Oc2cc(-c3cn[nH]c3)cc(Oc3cc(-c4cn[nH]c4)c(F)cc3-c3ccc(N4CCC(NC5CCC5)C4)nn3)c2-c2ccc(N3CC[C@H](NC4CCC4)C3)nn2)c1-c1ccc(N2CCC(NC3(C(F)F)CC3)C2)nn1. The van der Waals surface area contributed by atoms with Crippen LogP contribution in [0.25, 0.3) is 67.2 Å². The molecule has 6 aliphatic rings. The molecule has 0 amide bonds. The van der Waals surface area contributed by atoms with Crippen molar-refractivity contribution in [2.45, 2.75) is 113 Å². The first-order valence-electron chi connectivity index (χ1n) is 30.2. The zero-order valence-corrected chi connectivity index (χ0v) is 47.6. The van der Waals surface area contributed by atoms with Crippen molar-refractivity contribution < 1.29 is 27.8 Å². The van der Waals surface area contributed by atoms with Gasteiger partial charge in [-0.2, -0.15) is 15.3 Å². The molecule has 6 fully saturated rings. The fourth-order valence-corrected chi connectivity index (χ4v) is 12.8. The maximum Gasteiger partial charge on any atom is 0.256 e. The number of halogens is 3. The van der Waals surface area contributed by atoms with Gasteiger partial charge in [-0.3, -0.25) is 15.3 Å². The average Bonchev–Trinajstić information content (AvgIpc) is 1.62. The first-order chi connectivity index (χ1) is 42.6. The van der Waals surface area contributed by atoms with Gasteiger partial charge in [0.1, 0.15) is 46.0 Å². The molecule has 15 rings (SSSR count). The molecule has 3 saturated carbocycles. The Kier molecular flexibility index (Phi) is 14.5. The lowest BCUT2D eigenvalue weighted by Gasteiger charge is -2.29. The number of hydrogen-bond acceptors (Lipinski definition) is 18. The van der Waals surface area contributed by atoms with Gasteiger partial charge in [0.15, 0.2) is 17.5 Å².